The summed E-state index contributed by atoms with van der Waals surface area (Å²) in [6.07, 6.45) is 0.826. The van der Waals surface area contributed by atoms with Crippen LogP contribution >= 0.6 is 11.6 Å². The Bertz CT molecular complexity index is 585. The first-order chi connectivity index (χ1) is 10.1. The third kappa shape index (κ3) is 4.90. The first-order valence-electron chi connectivity index (χ1n) is 6.97. The quantitative estimate of drug-likeness (QED) is 0.878. The van der Waals surface area contributed by atoms with E-state index in [1.165, 1.54) is 0 Å². The third-order valence-corrected chi connectivity index (χ3v) is 3.19. The van der Waals surface area contributed by atoms with Crippen LogP contribution in [0, 0.1) is 5.92 Å². The van der Waals surface area contributed by atoms with E-state index in [4.69, 9.17) is 16.3 Å². The van der Waals surface area contributed by atoms with Crippen LogP contribution in [0.25, 0.3) is 0 Å². The average molecular weight is 306 g/mol. The smallest absolute Gasteiger partial charge is 0.218 e. The van der Waals surface area contributed by atoms with Crippen LogP contribution in [0.3, 0.4) is 0 Å². The third-order valence-electron chi connectivity index (χ3n) is 2.94. The molecule has 0 spiro atoms. The van der Waals surface area contributed by atoms with Gasteiger partial charge in [-0.3, -0.25) is 0 Å². The molecule has 0 aliphatic carbocycles. The fraction of sp³-hybridized carbons (Fsp3) is 0.375. The van der Waals surface area contributed by atoms with E-state index in [0.29, 0.717) is 18.3 Å². The number of hydrogen-bond acceptors (Lipinski definition) is 4. The lowest BCUT2D eigenvalue weighted by Crippen LogP contribution is -2.07. The number of anilines is 1. The normalized spacial score (nSPS) is 10.7. The number of halogens is 1. The van der Waals surface area contributed by atoms with E-state index in [9.17, 15) is 0 Å². The first-order valence-corrected chi connectivity index (χ1v) is 7.35. The van der Waals surface area contributed by atoms with Crippen LogP contribution in [-0.2, 0) is 13.0 Å². The maximum atomic E-state index is 5.88. The van der Waals surface area contributed by atoms with Gasteiger partial charge in [0.25, 0.3) is 0 Å². The SMILES string of the molecule is COc1cc(NCc2ccc(Cl)cc2)nc(CC(C)C)n1. The van der Waals surface area contributed by atoms with Gasteiger partial charge in [-0.05, 0) is 23.6 Å². The highest BCUT2D eigenvalue weighted by atomic mass is 35.5. The van der Waals surface area contributed by atoms with Gasteiger partial charge in [0.1, 0.15) is 11.6 Å². The van der Waals surface area contributed by atoms with Gasteiger partial charge in [-0.15, -0.1) is 0 Å². The zero-order valence-electron chi connectivity index (χ0n) is 12.6. The molecule has 0 aliphatic rings. The lowest BCUT2D eigenvalue weighted by molar-refractivity contribution is 0.394. The van der Waals surface area contributed by atoms with Crippen LogP contribution < -0.4 is 10.1 Å². The lowest BCUT2D eigenvalue weighted by Gasteiger charge is -2.10. The molecule has 1 N–H and O–H groups in total. The van der Waals surface area contributed by atoms with Gasteiger partial charge in [0.2, 0.25) is 5.88 Å². The molecule has 0 atom stereocenters. The topological polar surface area (TPSA) is 47.0 Å². The van der Waals surface area contributed by atoms with Gasteiger partial charge >= 0.3 is 0 Å². The van der Waals surface area contributed by atoms with E-state index in [1.54, 1.807) is 13.2 Å². The van der Waals surface area contributed by atoms with Gasteiger partial charge < -0.3 is 10.1 Å². The van der Waals surface area contributed by atoms with E-state index >= 15 is 0 Å². The molecule has 0 aliphatic heterocycles. The second-order valence-corrected chi connectivity index (χ2v) is 5.73. The van der Waals surface area contributed by atoms with Crippen molar-refractivity contribution in [1.82, 2.24) is 9.97 Å². The first kappa shape index (κ1) is 15.6. The van der Waals surface area contributed by atoms with Crippen molar-refractivity contribution in [2.24, 2.45) is 5.92 Å². The zero-order valence-corrected chi connectivity index (χ0v) is 13.3. The molecule has 0 saturated carbocycles. The monoisotopic (exact) mass is 305 g/mol. The molecule has 0 saturated heterocycles. The van der Waals surface area contributed by atoms with Crippen molar-refractivity contribution in [2.45, 2.75) is 26.8 Å². The molecule has 21 heavy (non-hydrogen) atoms. The fourth-order valence-corrected chi connectivity index (χ4v) is 2.05. The van der Waals surface area contributed by atoms with Crippen LogP contribution in [0.5, 0.6) is 5.88 Å². The Labute approximate surface area is 130 Å². The number of ether oxygens (including phenoxy) is 1. The van der Waals surface area contributed by atoms with Crippen molar-refractivity contribution in [2.75, 3.05) is 12.4 Å². The Hall–Kier alpha value is -1.81. The van der Waals surface area contributed by atoms with Gasteiger partial charge in [0, 0.05) is 24.1 Å². The van der Waals surface area contributed by atoms with Crippen molar-refractivity contribution >= 4 is 17.4 Å². The molecule has 0 unspecified atom stereocenters. The van der Waals surface area contributed by atoms with E-state index in [1.807, 2.05) is 24.3 Å². The number of aromatic nitrogens is 2. The van der Waals surface area contributed by atoms with Crippen LogP contribution in [-0.4, -0.2) is 17.1 Å². The van der Waals surface area contributed by atoms with E-state index < -0.39 is 0 Å². The summed E-state index contributed by atoms with van der Waals surface area (Å²) < 4.78 is 5.24. The van der Waals surface area contributed by atoms with Crippen molar-refractivity contribution in [3.8, 4) is 5.88 Å². The second-order valence-electron chi connectivity index (χ2n) is 5.29. The highest BCUT2D eigenvalue weighted by Crippen LogP contribution is 2.17. The summed E-state index contributed by atoms with van der Waals surface area (Å²) in [5.41, 5.74) is 1.14. The van der Waals surface area contributed by atoms with Gasteiger partial charge in [0.15, 0.2) is 0 Å². The lowest BCUT2D eigenvalue weighted by atomic mass is 10.1. The molecule has 0 amide bonds. The predicted octanol–water partition coefficient (Wildman–Crippen LogP) is 3.95. The Morgan fingerprint density at radius 1 is 1.19 bits per heavy atom. The molecule has 1 aromatic heterocycles. The molecule has 4 nitrogen and oxygen atoms in total. The van der Waals surface area contributed by atoms with Crippen LogP contribution in [0.1, 0.15) is 25.2 Å². The molecule has 2 rings (SSSR count). The summed E-state index contributed by atoms with van der Waals surface area (Å²) in [5, 5.41) is 4.03. The summed E-state index contributed by atoms with van der Waals surface area (Å²) in [7, 11) is 1.62. The van der Waals surface area contributed by atoms with Crippen molar-refractivity contribution in [3.05, 3.63) is 46.7 Å². The highest BCUT2D eigenvalue weighted by molar-refractivity contribution is 6.30. The Morgan fingerprint density at radius 3 is 2.52 bits per heavy atom. The molecule has 1 aromatic carbocycles. The summed E-state index contributed by atoms with van der Waals surface area (Å²) in [5.74, 6) is 2.65. The van der Waals surface area contributed by atoms with Crippen LogP contribution in [0.2, 0.25) is 5.02 Å². The van der Waals surface area contributed by atoms with Gasteiger partial charge in [-0.1, -0.05) is 37.6 Å². The Kier molecular flexibility index (Phi) is 5.39. The zero-order chi connectivity index (χ0) is 15.2. The maximum absolute atomic E-state index is 5.88. The van der Waals surface area contributed by atoms with Crippen LogP contribution in [0.15, 0.2) is 30.3 Å². The maximum Gasteiger partial charge on any atom is 0.218 e. The molecule has 5 heteroatoms. The molecule has 112 valence electrons. The minimum Gasteiger partial charge on any atom is -0.481 e. The molecular weight excluding hydrogens is 286 g/mol. The number of hydrogen-bond donors (Lipinski definition) is 1. The van der Waals surface area contributed by atoms with Crippen molar-refractivity contribution in [3.63, 3.8) is 0 Å². The summed E-state index contributed by atoms with van der Waals surface area (Å²) in [4.78, 5) is 8.89. The van der Waals surface area contributed by atoms with E-state index in [2.05, 4.69) is 29.1 Å². The largest absolute Gasteiger partial charge is 0.481 e. The number of rotatable bonds is 6. The summed E-state index contributed by atoms with van der Waals surface area (Å²) in [6.45, 7) is 4.96. The molecule has 0 radical (unpaired) electrons. The number of methoxy groups -OCH3 is 1. The standard InChI is InChI=1S/C16H20ClN3O/c1-11(2)8-15-19-14(9-16(20-15)21-3)18-10-12-4-6-13(17)7-5-12/h4-7,9,11H,8,10H2,1-3H3,(H,18,19,20). The fourth-order valence-electron chi connectivity index (χ4n) is 1.92. The second kappa shape index (κ2) is 7.27. The van der Waals surface area contributed by atoms with Gasteiger partial charge in [-0.25, -0.2) is 4.98 Å². The average Bonchev–Trinajstić information content (AvgIpc) is 2.45. The van der Waals surface area contributed by atoms with E-state index in [-0.39, 0.29) is 0 Å². The Morgan fingerprint density at radius 2 is 1.90 bits per heavy atom. The molecule has 1 heterocycles. The predicted molar refractivity (Wildman–Crippen MR) is 85.9 cm³/mol. The number of nitrogens with one attached hydrogen (secondary N) is 1. The van der Waals surface area contributed by atoms with Crippen LogP contribution in [0.4, 0.5) is 5.82 Å². The highest BCUT2D eigenvalue weighted by Gasteiger charge is 2.07. The minimum absolute atomic E-state index is 0.501. The molecular formula is C16H20ClN3O. The Balaban J connectivity index is 2.09. The van der Waals surface area contributed by atoms with Gasteiger partial charge in [0.05, 0.1) is 7.11 Å². The number of benzene rings is 1. The van der Waals surface area contributed by atoms with Crippen molar-refractivity contribution in [1.29, 1.82) is 0 Å². The van der Waals surface area contributed by atoms with Crippen molar-refractivity contribution < 1.29 is 4.74 Å². The number of nitrogens with zero attached hydrogens (tertiary/aromatic N) is 2. The summed E-state index contributed by atoms with van der Waals surface area (Å²) >= 11 is 5.88. The molecule has 0 bridgehead atoms. The van der Waals surface area contributed by atoms with Gasteiger partial charge in [-0.2, -0.15) is 4.98 Å². The molecule has 0 fully saturated rings. The molecule has 2 aromatic rings. The summed E-state index contributed by atoms with van der Waals surface area (Å²) in [6, 6.07) is 9.54. The van der Waals surface area contributed by atoms with E-state index in [0.717, 1.165) is 28.6 Å². The minimum atomic E-state index is 0.501.